The van der Waals surface area contributed by atoms with Gasteiger partial charge in [-0.3, -0.25) is 0 Å². The smallest absolute Gasteiger partial charge is 0.0621 e. The lowest BCUT2D eigenvalue weighted by atomic mass is 10.2. The molecule has 0 bridgehead atoms. The van der Waals surface area contributed by atoms with Crippen LogP contribution in [0.1, 0.15) is 5.56 Å². The van der Waals surface area contributed by atoms with Gasteiger partial charge in [-0.25, -0.2) is 0 Å². The first-order chi connectivity index (χ1) is 8.13. The maximum Gasteiger partial charge on any atom is 0.0621 e. The van der Waals surface area contributed by atoms with Gasteiger partial charge in [0.2, 0.25) is 0 Å². The van der Waals surface area contributed by atoms with Crippen LogP contribution in [0.5, 0.6) is 0 Å². The Morgan fingerprint density at radius 3 is 1.76 bits per heavy atom. The van der Waals surface area contributed by atoms with Gasteiger partial charge in [0, 0.05) is 34.4 Å². The van der Waals surface area contributed by atoms with Crippen LogP contribution in [0.15, 0.2) is 18.2 Å². The minimum Gasteiger partial charge on any atom is -0.0827 e. The minimum absolute atomic E-state index is 0.622. The molecule has 17 heavy (non-hydrogen) atoms. The van der Waals surface area contributed by atoms with Crippen LogP contribution in [0.25, 0.3) is 0 Å². The molecule has 0 radical (unpaired) electrons. The van der Waals surface area contributed by atoms with Crippen LogP contribution in [0, 0.1) is 41.4 Å². The van der Waals surface area contributed by atoms with Crippen molar-refractivity contribution in [1.82, 2.24) is 0 Å². The van der Waals surface area contributed by atoms with E-state index in [1.807, 2.05) is 19.1 Å². The Hall–Kier alpha value is -0.940. The van der Waals surface area contributed by atoms with E-state index < -0.39 is 0 Å². The Balaban J connectivity index is 0.000000304. The maximum absolute atomic E-state index is 5.75. The molecule has 0 aromatic heterocycles. The van der Waals surface area contributed by atoms with Crippen LogP contribution in [-0.2, 0) is 0 Å². The van der Waals surface area contributed by atoms with Crippen LogP contribution in [0.3, 0.4) is 0 Å². The molecule has 1 rings (SSSR count). The predicted octanol–water partition coefficient (Wildman–Crippen LogP) is 4.69. The van der Waals surface area contributed by atoms with Crippen LogP contribution in [0.2, 0.25) is 10.0 Å². The van der Waals surface area contributed by atoms with Crippen LogP contribution in [-0.4, -0.2) is 0 Å². The summed E-state index contributed by atoms with van der Waals surface area (Å²) < 4.78 is 0. The van der Waals surface area contributed by atoms with Crippen molar-refractivity contribution in [2.24, 2.45) is 0 Å². The Bertz CT molecular complexity index is 498. The zero-order valence-corrected chi connectivity index (χ0v) is 11.8. The predicted molar refractivity (Wildman–Crippen MR) is 76.2 cm³/mol. The lowest BCUT2D eigenvalue weighted by molar-refractivity contribution is 1.47. The van der Waals surface area contributed by atoms with Crippen LogP contribution < -0.4 is 0 Å². The summed E-state index contributed by atoms with van der Waals surface area (Å²) in [6, 6.07) is 5.58. The number of aryl methyl sites for hydroxylation is 1. The molecule has 0 aliphatic rings. The second-order valence-electron chi connectivity index (χ2n) is 2.56. The van der Waals surface area contributed by atoms with Gasteiger partial charge >= 0.3 is 0 Å². The fraction of sp³-hybridized carbons (Fsp3) is 0.0769. The van der Waals surface area contributed by atoms with Gasteiger partial charge in [0.15, 0.2) is 0 Å². The third-order valence-corrected chi connectivity index (χ3v) is 2.53. The van der Waals surface area contributed by atoms with Crippen molar-refractivity contribution in [2.75, 3.05) is 0 Å². The fourth-order valence-corrected chi connectivity index (χ4v) is 1.16. The van der Waals surface area contributed by atoms with Gasteiger partial charge < -0.3 is 0 Å². The Morgan fingerprint density at radius 2 is 1.41 bits per heavy atom. The highest BCUT2D eigenvalue weighted by atomic mass is 35.5. The van der Waals surface area contributed by atoms with E-state index in [1.165, 1.54) is 0 Å². The largest absolute Gasteiger partial charge is 0.0827 e. The molecule has 0 aliphatic carbocycles. The summed E-state index contributed by atoms with van der Waals surface area (Å²) >= 11 is 21.3. The van der Waals surface area contributed by atoms with Crippen molar-refractivity contribution in [3.63, 3.8) is 0 Å². The summed E-state index contributed by atoms with van der Waals surface area (Å²) in [7, 11) is 0. The van der Waals surface area contributed by atoms with E-state index in [0.717, 1.165) is 5.56 Å². The molecular formula is C13H6Cl4. The molecule has 0 saturated carbocycles. The number of halogens is 4. The highest BCUT2D eigenvalue weighted by Crippen LogP contribution is 2.24. The van der Waals surface area contributed by atoms with Gasteiger partial charge in [-0.2, -0.15) is 0 Å². The highest BCUT2D eigenvalue weighted by molar-refractivity contribution is 6.42. The fourth-order valence-electron chi connectivity index (χ4n) is 0.721. The van der Waals surface area contributed by atoms with Crippen LogP contribution in [0.4, 0.5) is 0 Å². The highest BCUT2D eigenvalue weighted by Gasteiger charge is 1.96. The third-order valence-electron chi connectivity index (χ3n) is 1.43. The van der Waals surface area contributed by atoms with Crippen molar-refractivity contribution in [1.29, 1.82) is 0 Å². The number of rotatable bonds is 0. The summed E-state index contributed by atoms with van der Waals surface area (Å²) in [4.78, 5) is 0. The second kappa shape index (κ2) is 10.2. The van der Waals surface area contributed by atoms with Gasteiger partial charge in [-0.1, -0.05) is 35.3 Å². The lowest BCUT2D eigenvalue weighted by Gasteiger charge is -1.96. The third kappa shape index (κ3) is 7.88. The normalized spacial score (nSPS) is 6.88. The molecule has 0 unspecified atom stereocenters. The van der Waals surface area contributed by atoms with Crippen molar-refractivity contribution >= 4 is 46.4 Å². The molecule has 1 aromatic carbocycles. The molecule has 0 nitrogen and oxygen atoms in total. The van der Waals surface area contributed by atoms with Crippen molar-refractivity contribution < 1.29 is 0 Å². The first-order valence-electron chi connectivity index (χ1n) is 4.25. The number of hydrogen-bond acceptors (Lipinski definition) is 0. The molecule has 86 valence electrons. The molecule has 0 saturated heterocycles. The van der Waals surface area contributed by atoms with Crippen molar-refractivity contribution in [3.8, 4) is 34.4 Å². The first-order valence-corrected chi connectivity index (χ1v) is 5.76. The topological polar surface area (TPSA) is 0 Å². The van der Waals surface area contributed by atoms with E-state index >= 15 is 0 Å². The van der Waals surface area contributed by atoms with Crippen molar-refractivity contribution in [3.05, 3.63) is 33.8 Å². The molecule has 1 aromatic rings. The zero-order valence-electron chi connectivity index (χ0n) is 8.74. The molecule has 0 spiro atoms. The lowest BCUT2D eigenvalue weighted by Crippen LogP contribution is -1.73. The Kier molecular flexibility index (Phi) is 9.66. The van der Waals surface area contributed by atoms with Gasteiger partial charge in [-0.15, -0.1) is 0 Å². The summed E-state index contributed by atoms with van der Waals surface area (Å²) in [6.07, 6.45) is 0. The summed E-state index contributed by atoms with van der Waals surface area (Å²) in [5.74, 6) is 9.22. The standard InChI is InChI=1S/C7H6Cl2.C6Cl2/c1-5-3-2-4-6(8)7(5)9;7-5-3-1-2-4-6-8/h2-4H,1H3;. The van der Waals surface area contributed by atoms with E-state index in [9.17, 15) is 0 Å². The minimum atomic E-state index is 0.622. The molecule has 0 heterocycles. The van der Waals surface area contributed by atoms with Gasteiger partial charge in [0.1, 0.15) is 0 Å². The van der Waals surface area contributed by atoms with E-state index in [1.54, 1.807) is 6.07 Å². The zero-order chi connectivity index (χ0) is 13.1. The summed E-state index contributed by atoms with van der Waals surface area (Å²) in [5.41, 5.74) is 1.02. The summed E-state index contributed by atoms with van der Waals surface area (Å²) in [5, 5.41) is 5.40. The quantitative estimate of drug-likeness (QED) is 0.610. The molecule has 4 heteroatoms. The molecule has 0 atom stereocenters. The molecule has 0 amide bonds. The SMILES string of the molecule is Cc1cccc(Cl)c1Cl.ClC#CC#CC#CCl. The Labute approximate surface area is 121 Å². The van der Waals surface area contributed by atoms with Crippen LogP contribution >= 0.6 is 46.4 Å². The second-order valence-corrected chi connectivity index (χ2v) is 3.72. The van der Waals surface area contributed by atoms with Crippen molar-refractivity contribution in [2.45, 2.75) is 6.92 Å². The van der Waals surface area contributed by atoms with E-state index in [2.05, 4.69) is 34.4 Å². The molecular weight excluding hydrogens is 298 g/mol. The summed E-state index contributed by atoms with van der Waals surface area (Å²) in [6.45, 7) is 1.92. The van der Waals surface area contributed by atoms with E-state index in [4.69, 9.17) is 46.4 Å². The average molecular weight is 304 g/mol. The van der Waals surface area contributed by atoms with Gasteiger partial charge in [-0.05, 0) is 41.8 Å². The maximum atomic E-state index is 5.75. The molecule has 0 aliphatic heterocycles. The number of hydrogen-bond donors (Lipinski definition) is 0. The van der Waals surface area contributed by atoms with E-state index in [-0.39, 0.29) is 0 Å². The molecule has 0 N–H and O–H groups in total. The van der Waals surface area contributed by atoms with Gasteiger partial charge in [0.05, 0.1) is 10.0 Å². The average Bonchev–Trinajstić information content (AvgIpc) is 2.33. The van der Waals surface area contributed by atoms with Gasteiger partial charge in [0.25, 0.3) is 0 Å². The van der Waals surface area contributed by atoms with E-state index in [0.29, 0.717) is 10.0 Å². The molecule has 0 fully saturated rings. The Morgan fingerprint density at radius 1 is 0.882 bits per heavy atom. The number of benzene rings is 1. The monoisotopic (exact) mass is 302 g/mol. The first kappa shape index (κ1) is 16.1.